The molecule has 1 N–H and O–H groups in total. The normalized spacial score (nSPS) is 11.9. The van der Waals surface area contributed by atoms with Gasteiger partial charge in [0.2, 0.25) is 0 Å². The Balaban J connectivity index is 2.93. The summed E-state index contributed by atoms with van der Waals surface area (Å²) in [6.45, 7) is 6.89. The van der Waals surface area contributed by atoms with E-state index in [-0.39, 0.29) is 0 Å². The standard InChI is InChI=1S/C2H2N3.3C2H5.Sn/c1-3-2-5-4-1;3*1-2;/h1H,(H,3,4,5);3*1H2,2H3;. The first-order chi connectivity index (χ1) is 5.79. The van der Waals surface area contributed by atoms with Crippen LogP contribution in [0.2, 0.25) is 13.3 Å². The Morgan fingerprint density at radius 2 is 1.83 bits per heavy atom. The van der Waals surface area contributed by atoms with Gasteiger partial charge < -0.3 is 0 Å². The van der Waals surface area contributed by atoms with Gasteiger partial charge in [-0.3, -0.25) is 0 Å². The molecule has 0 aliphatic rings. The third-order valence-corrected chi connectivity index (χ3v) is 18.1. The van der Waals surface area contributed by atoms with Crippen LogP contribution in [0.4, 0.5) is 0 Å². The van der Waals surface area contributed by atoms with Crippen LogP contribution in [0.25, 0.3) is 0 Å². The number of aromatic nitrogens is 3. The molecule has 1 rings (SSSR count). The van der Waals surface area contributed by atoms with Gasteiger partial charge in [-0.25, -0.2) is 0 Å². The fourth-order valence-electron chi connectivity index (χ4n) is 1.71. The summed E-state index contributed by atoms with van der Waals surface area (Å²) in [6.07, 6.45) is 1.64. The molecular weight excluding hydrogens is 257 g/mol. The third-order valence-electron chi connectivity index (χ3n) is 2.95. The average molecular weight is 274 g/mol. The molecule has 1 aromatic rings. The molecular formula is C8H17N3Sn. The van der Waals surface area contributed by atoms with Crippen molar-refractivity contribution in [2.24, 2.45) is 0 Å². The van der Waals surface area contributed by atoms with Crippen LogP contribution in [0.3, 0.4) is 0 Å². The van der Waals surface area contributed by atoms with Crippen molar-refractivity contribution >= 4 is 22.2 Å². The van der Waals surface area contributed by atoms with Crippen molar-refractivity contribution in [1.29, 1.82) is 0 Å². The number of aromatic amines is 1. The third kappa shape index (κ3) is 1.65. The molecule has 0 atom stereocenters. The molecule has 1 aromatic heterocycles. The predicted octanol–water partition coefficient (Wildman–Crippen LogP) is 1.52. The van der Waals surface area contributed by atoms with E-state index < -0.39 is 18.4 Å². The van der Waals surface area contributed by atoms with E-state index >= 15 is 0 Å². The molecule has 0 spiro atoms. The summed E-state index contributed by atoms with van der Waals surface area (Å²) < 4.78 is 5.24. The fraction of sp³-hybridized carbons (Fsp3) is 0.750. The van der Waals surface area contributed by atoms with E-state index in [9.17, 15) is 0 Å². The van der Waals surface area contributed by atoms with Crippen LogP contribution in [0, 0.1) is 0 Å². The molecule has 0 aliphatic heterocycles. The van der Waals surface area contributed by atoms with Crippen LogP contribution < -0.4 is 3.84 Å². The molecule has 0 fully saturated rings. The Hall–Kier alpha value is -0.0613. The maximum atomic E-state index is 4.33. The van der Waals surface area contributed by atoms with Crippen molar-refractivity contribution in [2.75, 3.05) is 0 Å². The Morgan fingerprint density at radius 1 is 1.25 bits per heavy atom. The molecule has 1 heterocycles. The topological polar surface area (TPSA) is 41.6 Å². The van der Waals surface area contributed by atoms with Gasteiger partial charge in [0.05, 0.1) is 0 Å². The van der Waals surface area contributed by atoms with Crippen molar-refractivity contribution in [3.05, 3.63) is 6.33 Å². The average Bonchev–Trinajstić information content (AvgIpc) is 2.62. The summed E-state index contributed by atoms with van der Waals surface area (Å²) in [6, 6.07) is 0. The van der Waals surface area contributed by atoms with Crippen molar-refractivity contribution in [1.82, 2.24) is 15.2 Å². The summed E-state index contributed by atoms with van der Waals surface area (Å²) in [5, 5.41) is 7.01. The number of hydrogen-bond acceptors (Lipinski definition) is 2. The minimum atomic E-state index is -2.03. The second-order valence-electron chi connectivity index (χ2n) is 3.18. The monoisotopic (exact) mass is 275 g/mol. The number of hydrogen-bond donors (Lipinski definition) is 1. The first-order valence-corrected chi connectivity index (χ1v) is 12.1. The van der Waals surface area contributed by atoms with E-state index in [0.717, 1.165) is 0 Å². The molecule has 0 amide bonds. The van der Waals surface area contributed by atoms with Gasteiger partial charge in [-0.15, -0.1) is 0 Å². The SMILES string of the molecule is C[CH2][Sn]([CH2]C)([CH2]C)[c]1ncn[nH]1. The number of nitrogens with one attached hydrogen (secondary N) is 1. The number of H-pyrrole nitrogens is 1. The van der Waals surface area contributed by atoms with Crippen LogP contribution in [-0.4, -0.2) is 33.6 Å². The summed E-state index contributed by atoms with van der Waals surface area (Å²) in [4.78, 5) is 4.33. The van der Waals surface area contributed by atoms with Gasteiger partial charge in [-0.1, -0.05) is 0 Å². The molecule has 0 aromatic carbocycles. The first kappa shape index (κ1) is 10.0. The first-order valence-electron chi connectivity index (χ1n) is 4.65. The van der Waals surface area contributed by atoms with Gasteiger partial charge in [-0.2, -0.15) is 0 Å². The molecule has 0 unspecified atom stereocenters. The second kappa shape index (κ2) is 4.25. The van der Waals surface area contributed by atoms with E-state index in [1.54, 1.807) is 6.33 Å². The van der Waals surface area contributed by atoms with Crippen molar-refractivity contribution in [3.8, 4) is 0 Å². The zero-order valence-electron chi connectivity index (χ0n) is 8.09. The molecule has 0 saturated heterocycles. The van der Waals surface area contributed by atoms with Crippen LogP contribution in [0.1, 0.15) is 20.8 Å². The molecule has 0 radical (unpaired) electrons. The zero-order chi connectivity index (χ0) is 9.03. The summed E-state index contributed by atoms with van der Waals surface area (Å²) >= 11 is -2.03. The van der Waals surface area contributed by atoms with Gasteiger partial charge in [0.15, 0.2) is 0 Å². The number of nitrogens with zero attached hydrogens (tertiary/aromatic N) is 2. The zero-order valence-corrected chi connectivity index (χ0v) is 10.9. The summed E-state index contributed by atoms with van der Waals surface area (Å²) in [7, 11) is 0. The fourth-order valence-corrected chi connectivity index (χ4v) is 10.7. The second-order valence-corrected chi connectivity index (χ2v) is 17.9. The Labute approximate surface area is 77.9 Å². The van der Waals surface area contributed by atoms with E-state index in [4.69, 9.17) is 0 Å². The Morgan fingerprint density at radius 3 is 2.17 bits per heavy atom. The van der Waals surface area contributed by atoms with Gasteiger partial charge in [-0.05, 0) is 0 Å². The number of rotatable bonds is 4. The summed E-state index contributed by atoms with van der Waals surface area (Å²) in [5.41, 5.74) is 0. The molecule has 0 bridgehead atoms. The molecule has 12 heavy (non-hydrogen) atoms. The van der Waals surface area contributed by atoms with Crippen molar-refractivity contribution in [3.63, 3.8) is 0 Å². The van der Waals surface area contributed by atoms with Gasteiger partial charge in [0.1, 0.15) is 0 Å². The van der Waals surface area contributed by atoms with Crippen molar-refractivity contribution < 1.29 is 0 Å². The van der Waals surface area contributed by atoms with Crippen LogP contribution in [0.15, 0.2) is 6.33 Å². The van der Waals surface area contributed by atoms with Crippen LogP contribution in [-0.2, 0) is 0 Å². The molecule has 0 aliphatic carbocycles. The van der Waals surface area contributed by atoms with E-state index in [1.165, 1.54) is 17.2 Å². The van der Waals surface area contributed by atoms with E-state index in [2.05, 4.69) is 36.0 Å². The predicted molar refractivity (Wildman–Crippen MR) is 53.2 cm³/mol. The molecule has 68 valence electrons. The Bertz CT molecular complexity index is 208. The van der Waals surface area contributed by atoms with Gasteiger partial charge in [0.25, 0.3) is 0 Å². The van der Waals surface area contributed by atoms with Crippen LogP contribution >= 0.6 is 0 Å². The maximum absolute atomic E-state index is 4.33. The molecule has 0 saturated carbocycles. The van der Waals surface area contributed by atoms with E-state index in [0.29, 0.717) is 0 Å². The molecule has 3 nitrogen and oxygen atoms in total. The van der Waals surface area contributed by atoms with Crippen molar-refractivity contribution in [2.45, 2.75) is 34.1 Å². The quantitative estimate of drug-likeness (QED) is 0.846. The molecule has 4 heteroatoms. The van der Waals surface area contributed by atoms with Gasteiger partial charge in [0, 0.05) is 0 Å². The summed E-state index contributed by atoms with van der Waals surface area (Å²) in [5.74, 6) is 0. The minimum absolute atomic E-state index is 1.25. The Kier molecular flexibility index (Phi) is 3.55. The van der Waals surface area contributed by atoms with Gasteiger partial charge >= 0.3 is 77.8 Å². The van der Waals surface area contributed by atoms with Crippen LogP contribution in [0.5, 0.6) is 0 Å². The van der Waals surface area contributed by atoms with E-state index in [1.807, 2.05) is 0 Å².